The molecule has 0 saturated carbocycles. The van der Waals surface area contributed by atoms with Crippen LogP contribution in [0.4, 0.5) is 13.2 Å². The maximum absolute atomic E-state index is 11.8. The molecule has 0 N–H and O–H groups in total. The molecule has 0 aromatic heterocycles. The molecule has 0 fully saturated rings. The zero-order valence-electron chi connectivity index (χ0n) is 12.9. The molecule has 0 radical (unpaired) electrons. The Morgan fingerprint density at radius 3 is 1.95 bits per heavy atom. The maximum atomic E-state index is 11.8. The Hall–Kier alpha value is -1.00. The van der Waals surface area contributed by atoms with E-state index in [1.165, 1.54) is 25.7 Å². The van der Waals surface area contributed by atoms with Crippen LogP contribution in [0.25, 0.3) is 0 Å². The summed E-state index contributed by atoms with van der Waals surface area (Å²) in [5, 5.41) is 0. The Kier molecular flexibility index (Phi) is 12.1. The molecule has 0 amide bonds. The highest BCUT2D eigenvalue weighted by Crippen LogP contribution is 2.17. The van der Waals surface area contributed by atoms with Crippen LogP contribution >= 0.6 is 0 Å². The molecular weight excluding hydrogens is 281 g/mol. The summed E-state index contributed by atoms with van der Waals surface area (Å²) in [6, 6.07) is 0. The normalized spacial score (nSPS) is 12.0. The molecule has 0 unspecified atom stereocenters. The van der Waals surface area contributed by atoms with Crippen molar-refractivity contribution in [3.05, 3.63) is 12.2 Å². The van der Waals surface area contributed by atoms with Gasteiger partial charge in [-0.3, -0.25) is 0 Å². The molecule has 124 valence electrons. The molecular formula is C16H27F3O2. The van der Waals surface area contributed by atoms with Crippen LogP contribution in [-0.4, -0.2) is 18.8 Å². The zero-order chi connectivity index (χ0) is 16.0. The Morgan fingerprint density at radius 2 is 1.43 bits per heavy atom. The van der Waals surface area contributed by atoms with Crippen LogP contribution in [0, 0.1) is 0 Å². The van der Waals surface area contributed by atoms with Gasteiger partial charge in [-0.15, -0.1) is 0 Å². The average Bonchev–Trinajstić information content (AvgIpc) is 2.42. The van der Waals surface area contributed by atoms with Gasteiger partial charge in [-0.25, -0.2) is 4.79 Å². The van der Waals surface area contributed by atoms with Crippen LogP contribution in [0.1, 0.15) is 71.1 Å². The number of ether oxygens (including phenoxy) is 1. The number of carbonyl (C=O) groups is 1. The van der Waals surface area contributed by atoms with Crippen molar-refractivity contribution in [2.24, 2.45) is 0 Å². The standard InChI is InChI=1S/C16H27F3O2/c1-2-3-4-5-6-7-8-9-10-11-12-13-14-21-15(20)16(17,18)19/h3-4H,2,5-14H2,1H3/b4-3-. The van der Waals surface area contributed by atoms with E-state index < -0.39 is 12.1 Å². The molecule has 0 aliphatic heterocycles. The predicted molar refractivity (Wildman–Crippen MR) is 78.0 cm³/mol. The lowest BCUT2D eigenvalue weighted by Crippen LogP contribution is -2.25. The Morgan fingerprint density at radius 1 is 0.905 bits per heavy atom. The smallest absolute Gasteiger partial charge is 0.459 e. The van der Waals surface area contributed by atoms with Crippen molar-refractivity contribution in [1.29, 1.82) is 0 Å². The van der Waals surface area contributed by atoms with E-state index in [1.807, 2.05) is 0 Å². The molecule has 0 aliphatic carbocycles. The Bertz CT molecular complexity index is 286. The number of hydrogen-bond donors (Lipinski definition) is 0. The minimum atomic E-state index is -4.87. The lowest BCUT2D eigenvalue weighted by molar-refractivity contribution is -0.199. The van der Waals surface area contributed by atoms with E-state index >= 15 is 0 Å². The molecule has 0 spiro atoms. The highest BCUT2D eigenvalue weighted by atomic mass is 19.4. The third-order valence-corrected chi connectivity index (χ3v) is 3.13. The average molecular weight is 308 g/mol. The van der Waals surface area contributed by atoms with E-state index in [2.05, 4.69) is 23.8 Å². The van der Waals surface area contributed by atoms with Gasteiger partial charge in [0.05, 0.1) is 6.61 Å². The summed E-state index contributed by atoms with van der Waals surface area (Å²) in [7, 11) is 0. The van der Waals surface area contributed by atoms with Crippen LogP contribution in [0.15, 0.2) is 12.2 Å². The lowest BCUT2D eigenvalue weighted by atomic mass is 10.1. The molecule has 0 aromatic rings. The summed E-state index contributed by atoms with van der Waals surface area (Å²) in [6.45, 7) is 1.99. The molecule has 5 heteroatoms. The summed E-state index contributed by atoms with van der Waals surface area (Å²) in [5.41, 5.74) is 0. The fourth-order valence-electron chi connectivity index (χ4n) is 1.96. The fraction of sp³-hybridized carbons (Fsp3) is 0.812. The van der Waals surface area contributed by atoms with Gasteiger partial charge in [0.2, 0.25) is 0 Å². The number of unbranched alkanes of at least 4 members (excludes halogenated alkanes) is 8. The Balaban J connectivity index is 3.20. The first-order valence-corrected chi connectivity index (χ1v) is 7.87. The van der Waals surface area contributed by atoms with Crippen molar-refractivity contribution in [3.63, 3.8) is 0 Å². The molecule has 0 atom stereocenters. The summed E-state index contributed by atoms with van der Waals surface area (Å²) < 4.78 is 39.6. The number of alkyl halides is 3. The van der Waals surface area contributed by atoms with Crippen LogP contribution in [0.3, 0.4) is 0 Å². The first kappa shape index (κ1) is 20.0. The highest BCUT2D eigenvalue weighted by molar-refractivity contribution is 5.75. The molecule has 0 rings (SSSR count). The molecule has 0 aliphatic rings. The van der Waals surface area contributed by atoms with Gasteiger partial charge in [-0.05, 0) is 25.7 Å². The van der Waals surface area contributed by atoms with Crippen molar-refractivity contribution in [1.82, 2.24) is 0 Å². The van der Waals surface area contributed by atoms with Gasteiger partial charge in [0.25, 0.3) is 0 Å². The van der Waals surface area contributed by atoms with Gasteiger partial charge >= 0.3 is 12.1 Å². The molecule has 21 heavy (non-hydrogen) atoms. The number of hydrogen-bond acceptors (Lipinski definition) is 2. The van der Waals surface area contributed by atoms with Crippen molar-refractivity contribution in [2.45, 2.75) is 77.3 Å². The second-order valence-corrected chi connectivity index (χ2v) is 5.13. The minimum absolute atomic E-state index is 0.137. The third kappa shape index (κ3) is 13.7. The quantitative estimate of drug-likeness (QED) is 0.268. The fourth-order valence-corrected chi connectivity index (χ4v) is 1.96. The second-order valence-electron chi connectivity index (χ2n) is 5.13. The van der Waals surface area contributed by atoms with E-state index in [0.717, 1.165) is 32.1 Å². The van der Waals surface area contributed by atoms with Crippen molar-refractivity contribution >= 4 is 5.97 Å². The molecule has 2 nitrogen and oxygen atoms in total. The van der Waals surface area contributed by atoms with E-state index in [9.17, 15) is 18.0 Å². The zero-order valence-corrected chi connectivity index (χ0v) is 12.9. The topological polar surface area (TPSA) is 26.3 Å². The van der Waals surface area contributed by atoms with E-state index in [0.29, 0.717) is 6.42 Å². The summed E-state index contributed by atoms with van der Waals surface area (Å²) in [4.78, 5) is 10.4. The number of rotatable bonds is 12. The summed E-state index contributed by atoms with van der Waals surface area (Å²) in [6.07, 6.45) is 10.0. The van der Waals surface area contributed by atoms with E-state index in [4.69, 9.17) is 0 Å². The van der Waals surface area contributed by atoms with Gasteiger partial charge in [0, 0.05) is 0 Å². The van der Waals surface area contributed by atoms with Crippen LogP contribution in [-0.2, 0) is 9.53 Å². The largest absolute Gasteiger partial charge is 0.490 e. The third-order valence-electron chi connectivity index (χ3n) is 3.13. The molecule has 0 heterocycles. The first-order chi connectivity index (χ1) is 9.98. The van der Waals surface area contributed by atoms with Crippen LogP contribution < -0.4 is 0 Å². The van der Waals surface area contributed by atoms with Crippen LogP contribution in [0.5, 0.6) is 0 Å². The number of halogens is 3. The molecule has 0 saturated heterocycles. The van der Waals surface area contributed by atoms with Gasteiger partial charge in [-0.1, -0.05) is 57.6 Å². The number of carbonyl (C=O) groups excluding carboxylic acids is 1. The number of allylic oxidation sites excluding steroid dienone is 2. The second kappa shape index (κ2) is 12.7. The van der Waals surface area contributed by atoms with Crippen molar-refractivity contribution < 1.29 is 22.7 Å². The summed E-state index contributed by atoms with van der Waals surface area (Å²) in [5.74, 6) is -2.08. The van der Waals surface area contributed by atoms with Gasteiger partial charge < -0.3 is 4.74 Å². The van der Waals surface area contributed by atoms with Crippen LogP contribution in [0.2, 0.25) is 0 Å². The Labute approximate surface area is 125 Å². The monoisotopic (exact) mass is 308 g/mol. The van der Waals surface area contributed by atoms with Crippen molar-refractivity contribution in [2.75, 3.05) is 6.61 Å². The van der Waals surface area contributed by atoms with Crippen molar-refractivity contribution in [3.8, 4) is 0 Å². The minimum Gasteiger partial charge on any atom is -0.459 e. The maximum Gasteiger partial charge on any atom is 0.490 e. The predicted octanol–water partition coefficient (Wildman–Crippen LogP) is 5.57. The highest BCUT2D eigenvalue weighted by Gasteiger charge is 2.40. The first-order valence-electron chi connectivity index (χ1n) is 7.87. The SMILES string of the molecule is CC/C=C\CCCCCCCCCCOC(=O)C(F)(F)F. The van der Waals surface area contributed by atoms with Gasteiger partial charge in [0.15, 0.2) is 0 Å². The van der Waals surface area contributed by atoms with E-state index in [1.54, 1.807) is 0 Å². The summed E-state index contributed by atoms with van der Waals surface area (Å²) >= 11 is 0. The van der Waals surface area contributed by atoms with Gasteiger partial charge in [0.1, 0.15) is 0 Å². The lowest BCUT2D eigenvalue weighted by Gasteiger charge is -2.06. The van der Waals surface area contributed by atoms with E-state index in [-0.39, 0.29) is 6.61 Å². The number of esters is 1. The molecule has 0 aromatic carbocycles. The molecule has 0 bridgehead atoms. The van der Waals surface area contributed by atoms with Gasteiger partial charge in [-0.2, -0.15) is 13.2 Å².